The molecule has 6 aromatic heterocycles. The third-order valence-electron chi connectivity index (χ3n) is 26.9. The first-order chi connectivity index (χ1) is 61.6. The number of unbranched alkanes of at least 4 members (excludes halogenated alkanes) is 18. The molecule has 0 bridgehead atoms. The van der Waals surface area contributed by atoms with Crippen molar-refractivity contribution in [3.05, 3.63) is 313 Å². The number of aryl methyl sites for hydroxylation is 6. The van der Waals surface area contributed by atoms with Crippen LogP contribution in [0.25, 0.3) is 94.7 Å². The molecule has 0 amide bonds. The first-order valence-electron chi connectivity index (χ1n) is 45.9. The van der Waals surface area contributed by atoms with Gasteiger partial charge in [-0.1, -0.05) is 254 Å². The van der Waals surface area contributed by atoms with Crippen molar-refractivity contribution in [2.24, 2.45) is 0 Å². The minimum atomic E-state index is -1.19. The normalized spacial score (nSPS) is 15.4. The van der Waals surface area contributed by atoms with Crippen molar-refractivity contribution in [3.63, 3.8) is 0 Å². The van der Waals surface area contributed by atoms with Gasteiger partial charge in [-0.3, -0.25) is 9.59 Å². The quantitative estimate of drug-likeness (QED) is 0.0128. The smallest absolute Gasteiger partial charge is 0.270 e. The predicted molar refractivity (Wildman–Crippen MR) is 514 cm³/mol. The summed E-state index contributed by atoms with van der Waals surface area (Å²) in [7, 11) is 0. The number of carbonyl (C=O) groups excluding carboxylic acids is 2. The fourth-order valence-electron chi connectivity index (χ4n) is 20.7. The van der Waals surface area contributed by atoms with Crippen LogP contribution in [-0.4, -0.2) is 20.7 Å². The Bertz CT molecular complexity index is 6210. The van der Waals surface area contributed by atoms with Crippen LogP contribution in [0, 0.1) is 59.1 Å². The molecule has 0 aliphatic heterocycles. The Morgan fingerprint density at radius 1 is 0.373 bits per heavy atom. The molecule has 8 nitrogen and oxygen atoms in total. The number of aromatic nitrogens is 2. The summed E-state index contributed by atoms with van der Waals surface area (Å²) in [6, 6.07) is 55.7. The molecule has 0 saturated carbocycles. The fourth-order valence-corrected chi connectivity index (χ4v) is 25.9. The van der Waals surface area contributed by atoms with Crippen LogP contribution in [0.3, 0.4) is 0 Å². The zero-order valence-corrected chi connectivity index (χ0v) is 76.1. The summed E-state index contributed by atoms with van der Waals surface area (Å²) >= 11 is 6.79. The van der Waals surface area contributed by atoms with E-state index in [2.05, 4.69) is 182 Å². The SMILES string of the molecule is [C-]#[N+]C(C#N)=C1/C(=C/c2cc3c(s2)c2sc4c(c2n3CCCCCC)C(c2ccc(CCCCCC)cc2)(c2ccc(CCCCCC)cc2)c2cc3c(cc2-4)C(c2ccc(CCCCCC)cc2)(c2ccc(CCCCCC)cc2)c2c-3sc3c4sc(/C=C5\C(=O)c6cc(F)c(F)cc6\C5=C(\C#N)[N+]#[C-])cc4n(CCCCCC)c23)C(=O)c2cc(F)c(F)cc21. The van der Waals surface area contributed by atoms with Gasteiger partial charge in [0.1, 0.15) is 0 Å². The van der Waals surface area contributed by atoms with Gasteiger partial charge in [-0.05, 0) is 203 Å². The van der Waals surface area contributed by atoms with E-state index in [1.807, 2.05) is 34.8 Å². The lowest BCUT2D eigenvalue weighted by Gasteiger charge is -2.36. The number of hydrogen-bond donors (Lipinski definition) is 0. The van der Waals surface area contributed by atoms with Gasteiger partial charge in [-0.25, -0.2) is 37.8 Å². The maximum absolute atomic E-state index is 15.4. The number of halogens is 4. The number of allylic oxidation sites excluding steroid dienone is 6. The third kappa shape index (κ3) is 15.2. The molecule has 17 rings (SSSR count). The highest BCUT2D eigenvalue weighted by Gasteiger charge is 2.56. The number of nitriles is 2. The topological polar surface area (TPSA) is 100 Å². The van der Waals surface area contributed by atoms with Crippen molar-refractivity contribution in [2.45, 2.75) is 245 Å². The minimum Gasteiger partial charge on any atom is -0.339 e. The first kappa shape index (κ1) is 87.0. The number of Topliss-reactive ketones (excluding diaryl/α,β-unsaturated/α-hetero) is 2. The van der Waals surface area contributed by atoms with Crippen LogP contribution in [0.1, 0.15) is 304 Å². The van der Waals surface area contributed by atoms with Gasteiger partial charge in [0.15, 0.2) is 34.8 Å². The molecular weight excluding hydrogens is 1640 g/mol. The highest BCUT2D eigenvalue weighted by molar-refractivity contribution is 7.30. The zero-order chi connectivity index (χ0) is 87.7. The molecule has 126 heavy (non-hydrogen) atoms. The van der Waals surface area contributed by atoms with Gasteiger partial charge in [0, 0.05) is 77.1 Å². The van der Waals surface area contributed by atoms with Crippen LogP contribution in [0.5, 0.6) is 0 Å². The van der Waals surface area contributed by atoms with E-state index in [9.17, 15) is 20.1 Å². The Hall–Kier alpha value is -11.1. The van der Waals surface area contributed by atoms with Crippen LogP contribution in [-0.2, 0) is 49.6 Å². The Kier molecular flexibility index (Phi) is 25.9. The van der Waals surface area contributed by atoms with E-state index in [0.29, 0.717) is 22.8 Å². The first-order valence-corrected chi connectivity index (χ1v) is 49.1. The Morgan fingerprint density at radius 2 is 0.667 bits per heavy atom. The summed E-state index contributed by atoms with van der Waals surface area (Å²) < 4.78 is 70.6. The number of benzene rings is 7. The zero-order valence-electron chi connectivity index (χ0n) is 72.9. The molecule has 0 saturated heterocycles. The van der Waals surface area contributed by atoms with Gasteiger partial charge < -0.3 is 9.13 Å². The Morgan fingerprint density at radius 3 is 0.952 bits per heavy atom. The van der Waals surface area contributed by atoms with E-state index in [1.54, 1.807) is 34.8 Å². The van der Waals surface area contributed by atoms with Gasteiger partial charge in [0.05, 0.1) is 77.0 Å². The maximum Gasteiger partial charge on any atom is 0.270 e. The van der Waals surface area contributed by atoms with Crippen molar-refractivity contribution in [1.82, 2.24) is 9.13 Å². The number of hydrogen-bond acceptors (Lipinski definition) is 8. The van der Waals surface area contributed by atoms with E-state index >= 15 is 17.6 Å². The third-order valence-corrected chi connectivity index (χ3v) is 31.8. The molecule has 0 radical (unpaired) electrons. The summed E-state index contributed by atoms with van der Waals surface area (Å²) in [6.07, 6.45) is 33.4. The fraction of sp³-hybridized carbons (Fsp3) is 0.345. The van der Waals surface area contributed by atoms with Gasteiger partial charge >= 0.3 is 0 Å². The molecule has 16 heteroatoms. The molecule has 4 aliphatic rings. The highest BCUT2D eigenvalue weighted by Crippen LogP contribution is 2.69. The van der Waals surface area contributed by atoms with Gasteiger partial charge in [-0.2, -0.15) is 0 Å². The van der Waals surface area contributed by atoms with Crippen molar-refractivity contribution < 1.29 is 27.2 Å². The standard InChI is InChI=1S/C110H104F4N6O2S4/c1-9-15-21-27-33-67-37-45-71(46-38-67)109(72-47-39-68(40-48-72)34-28-22-16-10-2)85-59-82-86(60-81(85)103-97(109)99-107(125-103)105-93(119(99)53-31-25-19-13-5)57-75(123-105)55-83-95(91(65-115)117-7)77-61-87(111)89(113)63-79(77)101(83)121)110(73-49-41-69(42-50-73)35-29-23-17-11-3,74-51-43-70(44-52-74)36-30-24-18-12-4)98-100-108(126-104(82)98)106-94(120(100)54-32-26-20-14-6)58-76(124-106)56-84-96(92(66-116)118-8)78-62-88(112)90(114)64-80(78)102(84)122/h37-52,55-64H,9-36,53-54H2,1-6H3/b83-55-,84-56-,95-91+,96-92?. The Balaban J connectivity index is 0.987. The van der Waals surface area contributed by atoms with Gasteiger partial charge in [-0.15, -0.1) is 45.3 Å². The summed E-state index contributed by atoms with van der Waals surface area (Å²) in [5.74, 6) is -5.89. The molecule has 4 aliphatic carbocycles. The second kappa shape index (κ2) is 37.5. The van der Waals surface area contributed by atoms with Crippen molar-refractivity contribution in [3.8, 4) is 33.0 Å². The Labute approximate surface area is 753 Å². The molecular formula is C110H104F4N6O2S4. The van der Waals surface area contributed by atoms with E-state index < -0.39 is 45.7 Å². The second-order valence-electron chi connectivity index (χ2n) is 34.9. The molecule has 0 N–H and O–H groups in total. The monoisotopic (exact) mass is 1740 g/mol. The molecule has 638 valence electrons. The molecule has 0 spiro atoms. The van der Waals surface area contributed by atoms with Crippen LogP contribution in [0.15, 0.2) is 168 Å². The minimum absolute atomic E-state index is 0.00155. The van der Waals surface area contributed by atoms with Crippen molar-refractivity contribution in [2.75, 3.05) is 0 Å². The summed E-state index contributed by atoms with van der Waals surface area (Å²) in [5.41, 5.74) is 18.5. The molecule has 0 atom stereocenters. The lowest BCUT2D eigenvalue weighted by Crippen LogP contribution is -2.30. The largest absolute Gasteiger partial charge is 0.339 e. The number of ketones is 2. The van der Waals surface area contributed by atoms with Crippen LogP contribution < -0.4 is 0 Å². The molecule has 7 aromatic carbocycles. The average molecular weight is 1750 g/mol. The highest BCUT2D eigenvalue weighted by atomic mass is 32.1. The number of carbonyl (C=O) groups is 2. The van der Waals surface area contributed by atoms with E-state index in [-0.39, 0.29) is 55.9 Å². The molecule has 13 aromatic rings. The van der Waals surface area contributed by atoms with Crippen LogP contribution in [0.4, 0.5) is 17.6 Å². The molecule has 6 heterocycles. The van der Waals surface area contributed by atoms with Crippen molar-refractivity contribution in [1.29, 1.82) is 10.5 Å². The van der Waals surface area contributed by atoms with E-state index in [1.165, 1.54) is 79.9 Å². The van der Waals surface area contributed by atoms with E-state index in [0.717, 1.165) is 253 Å². The molecule has 0 fully saturated rings. The number of rotatable bonds is 36. The lowest BCUT2D eigenvalue weighted by atomic mass is 9.65. The van der Waals surface area contributed by atoms with Crippen LogP contribution in [0.2, 0.25) is 0 Å². The van der Waals surface area contributed by atoms with Crippen LogP contribution >= 0.6 is 45.3 Å². The molecule has 0 unspecified atom stereocenters. The predicted octanol–water partition coefficient (Wildman–Crippen LogP) is 32.0. The number of fused-ring (bicyclic) bond motifs is 16. The van der Waals surface area contributed by atoms with E-state index in [4.69, 9.17) is 13.1 Å². The van der Waals surface area contributed by atoms with Crippen molar-refractivity contribution >= 4 is 121 Å². The van der Waals surface area contributed by atoms with Gasteiger partial charge in [0.2, 0.25) is 0 Å². The average Bonchev–Trinajstić information content (AvgIpc) is 1.48. The summed E-state index contributed by atoms with van der Waals surface area (Å²) in [4.78, 5) is 40.5. The lowest BCUT2D eigenvalue weighted by molar-refractivity contribution is 0.103. The summed E-state index contributed by atoms with van der Waals surface area (Å²) in [5, 5.41) is 21.0. The van der Waals surface area contributed by atoms with Gasteiger partial charge in [0.25, 0.3) is 11.4 Å². The summed E-state index contributed by atoms with van der Waals surface area (Å²) in [6.45, 7) is 31.2. The number of thiophene rings is 4. The second-order valence-corrected chi connectivity index (χ2v) is 39.1. The maximum atomic E-state index is 15.4. The number of nitrogens with zero attached hydrogens (tertiary/aromatic N) is 6.